The van der Waals surface area contributed by atoms with E-state index in [1.807, 2.05) is 11.6 Å². The van der Waals surface area contributed by atoms with Crippen LogP contribution >= 0.6 is 0 Å². The number of halogens is 1. The van der Waals surface area contributed by atoms with Gasteiger partial charge in [-0.15, -0.1) is 0 Å². The molecule has 1 aromatic heterocycles. The molecule has 0 radical (unpaired) electrons. The second kappa shape index (κ2) is 6.55. The standard InChI is InChI=1S/C15H16N.HI/c1-13-5-3-4-6-15(13)8-7-14-9-11-16(2)12-10-14;/h3-12H,1-2H3;1H/q+1;/p-1/b8-7+;. The highest BCUT2D eigenvalue weighted by molar-refractivity contribution is 5.70. The van der Waals surface area contributed by atoms with Crippen LogP contribution in [0.1, 0.15) is 16.7 Å². The zero-order chi connectivity index (χ0) is 11.4. The van der Waals surface area contributed by atoms with E-state index in [2.05, 4.69) is 67.9 Å². The summed E-state index contributed by atoms with van der Waals surface area (Å²) in [6.45, 7) is 2.13. The van der Waals surface area contributed by atoms with E-state index >= 15 is 0 Å². The van der Waals surface area contributed by atoms with Crippen LogP contribution in [0, 0.1) is 6.92 Å². The lowest BCUT2D eigenvalue weighted by molar-refractivity contribution is -0.671. The first-order valence-corrected chi connectivity index (χ1v) is 5.45. The Morgan fingerprint density at radius 3 is 2.24 bits per heavy atom. The summed E-state index contributed by atoms with van der Waals surface area (Å²) in [4.78, 5) is 0. The minimum Gasteiger partial charge on any atom is -1.00 e. The second-order valence-electron chi connectivity index (χ2n) is 3.99. The molecular weight excluding hydrogens is 321 g/mol. The van der Waals surface area contributed by atoms with Gasteiger partial charge in [-0.1, -0.05) is 36.4 Å². The normalized spacial score (nSPS) is 10.2. The zero-order valence-electron chi connectivity index (χ0n) is 10.1. The van der Waals surface area contributed by atoms with E-state index < -0.39 is 0 Å². The molecule has 2 heteroatoms. The number of nitrogens with zero attached hydrogens (tertiary/aromatic N) is 1. The Morgan fingerprint density at radius 2 is 1.59 bits per heavy atom. The molecule has 0 amide bonds. The largest absolute Gasteiger partial charge is 1.00 e. The molecule has 1 heterocycles. The van der Waals surface area contributed by atoms with Gasteiger partial charge < -0.3 is 24.0 Å². The van der Waals surface area contributed by atoms with E-state index in [9.17, 15) is 0 Å². The topological polar surface area (TPSA) is 3.88 Å². The van der Waals surface area contributed by atoms with Crippen LogP contribution in [-0.2, 0) is 7.05 Å². The molecule has 0 unspecified atom stereocenters. The highest BCUT2D eigenvalue weighted by atomic mass is 127. The fourth-order valence-electron chi connectivity index (χ4n) is 1.58. The fraction of sp³-hybridized carbons (Fsp3) is 0.133. The molecular formula is C15H16IN. The lowest BCUT2D eigenvalue weighted by Gasteiger charge is -1.98. The third kappa shape index (κ3) is 3.97. The average Bonchev–Trinajstić information content (AvgIpc) is 2.30. The summed E-state index contributed by atoms with van der Waals surface area (Å²) in [5.41, 5.74) is 3.80. The summed E-state index contributed by atoms with van der Waals surface area (Å²) in [6.07, 6.45) is 8.40. The molecule has 1 aromatic carbocycles. The Bertz CT molecular complexity index is 501. The molecule has 1 nitrogen and oxygen atoms in total. The van der Waals surface area contributed by atoms with Crippen molar-refractivity contribution in [2.24, 2.45) is 7.05 Å². The van der Waals surface area contributed by atoms with Crippen LogP contribution in [0.4, 0.5) is 0 Å². The van der Waals surface area contributed by atoms with Crippen molar-refractivity contribution in [3.63, 3.8) is 0 Å². The molecule has 88 valence electrons. The molecule has 0 atom stereocenters. The molecule has 0 aliphatic carbocycles. The Kier molecular flexibility index (Phi) is 5.35. The SMILES string of the molecule is Cc1ccccc1/C=C/c1cc[n+](C)cc1.[I-]. The molecule has 0 aliphatic rings. The minimum absolute atomic E-state index is 0. The smallest absolute Gasteiger partial charge is 0.169 e. The molecule has 17 heavy (non-hydrogen) atoms. The van der Waals surface area contributed by atoms with Gasteiger partial charge in [0.05, 0.1) is 0 Å². The van der Waals surface area contributed by atoms with Gasteiger partial charge in [0.15, 0.2) is 12.4 Å². The molecule has 0 fully saturated rings. The number of rotatable bonds is 2. The van der Waals surface area contributed by atoms with Gasteiger partial charge >= 0.3 is 0 Å². The Morgan fingerprint density at radius 1 is 0.941 bits per heavy atom. The van der Waals surface area contributed by atoms with Crippen LogP contribution in [0.5, 0.6) is 0 Å². The van der Waals surface area contributed by atoms with Crippen molar-refractivity contribution in [2.75, 3.05) is 0 Å². The molecule has 0 saturated carbocycles. The van der Waals surface area contributed by atoms with E-state index in [0.29, 0.717) is 0 Å². The third-order valence-corrected chi connectivity index (χ3v) is 2.65. The highest BCUT2D eigenvalue weighted by Gasteiger charge is 1.93. The lowest BCUT2D eigenvalue weighted by atomic mass is 10.1. The van der Waals surface area contributed by atoms with Gasteiger partial charge in [0, 0.05) is 12.1 Å². The van der Waals surface area contributed by atoms with Crippen molar-refractivity contribution in [3.05, 3.63) is 65.5 Å². The quantitative estimate of drug-likeness (QED) is 0.536. The molecule has 0 aliphatic heterocycles. The lowest BCUT2D eigenvalue weighted by Crippen LogP contribution is -3.00. The van der Waals surface area contributed by atoms with Crippen molar-refractivity contribution in [1.29, 1.82) is 0 Å². The van der Waals surface area contributed by atoms with Gasteiger partial charge in [-0.05, 0) is 23.6 Å². The van der Waals surface area contributed by atoms with Gasteiger partial charge in [0.25, 0.3) is 0 Å². The van der Waals surface area contributed by atoms with Gasteiger partial charge in [0.1, 0.15) is 7.05 Å². The Hall–Kier alpha value is -1.16. The molecule has 2 aromatic rings. The number of benzene rings is 1. The fourth-order valence-corrected chi connectivity index (χ4v) is 1.58. The van der Waals surface area contributed by atoms with Crippen molar-refractivity contribution in [3.8, 4) is 0 Å². The Balaban J connectivity index is 0.00000144. The summed E-state index contributed by atoms with van der Waals surface area (Å²) in [7, 11) is 2.02. The van der Waals surface area contributed by atoms with Gasteiger partial charge in [-0.2, -0.15) is 0 Å². The first-order chi connectivity index (χ1) is 7.75. The molecule has 0 spiro atoms. The van der Waals surface area contributed by atoms with Crippen LogP contribution in [0.15, 0.2) is 48.8 Å². The summed E-state index contributed by atoms with van der Waals surface area (Å²) in [5, 5.41) is 0. The third-order valence-electron chi connectivity index (χ3n) is 2.65. The van der Waals surface area contributed by atoms with Crippen LogP contribution in [0.25, 0.3) is 12.2 Å². The maximum absolute atomic E-state index is 2.16. The molecule has 0 bridgehead atoms. The number of aromatic nitrogens is 1. The number of hydrogen-bond acceptors (Lipinski definition) is 0. The van der Waals surface area contributed by atoms with Gasteiger partial charge in [-0.25, -0.2) is 4.57 Å². The summed E-state index contributed by atoms with van der Waals surface area (Å²) in [6, 6.07) is 12.6. The Labute approximate surface area is 120 Å². The number of aryl methyl sites for hydroxylation is 2. The average molecular weight is 337 g/mol. The van der Waals surface area contributed by atoms with Crippen molar-refractivity contribution < 1.29 is 28.5 Å². The molecule has 0 saturated heterocycles. The van der Waals surface area contributed by atoms with E-state index in [1.165, 1.54) is 16.7 Å². The first-order valence-electron chi connectivity index (χ1n) is 5.45. The maximum Gasteiger partial charge on any atom is 0.169 e. The maximum atomic E-state index is 2.16. The minimum atomic E-state index is 0. The van der Waals surface area contributed by atoms with Crippen molar-refractivity contribution in [2.45, 2.75) is 6.92 Å². The van der Waals surface area contributed by atoms with E-state index in [4.69, 9.17) is 0 Å². The van der Waals surface area contributed by atoms with E-state index in [1.54, 1.807) is 0 Å². The molecule has 0 N–H and O–H groups in total. The van der Waals surface area contributed by atoms with Gasteiger partial charge in [0.2, 0.25) is 0 Å². The second-order valence-corrected chi connectivity index (χ2v) is 3.99. The van der Waals surface area contributed by atoms with Crippen LogP contribution in [-0.4, -0.2) is 0 Å². The summed E-state index contributed by atoms with van der Waals surface area (Å²) < 4.78 is 2.03. The van der Waals surface area contributed by atoms with E-state index in [0.717, 1.165) is 0 Å². The van der Waals surface area contributed by atoms with Crippen molar-refractivity contribution in [1.82, 2.24) is 0 Å². The van der Waals surface area contributed by atoms with Crippen LogP contribution in [0.3, 0.4) is 0 Å². The predicted molar refractivity (Wildman–Crippen MR) is 67.7 cm³/mol. The summed E-state index contributed by atoms with van der Waals surface area (Å²) >= 11 is 0. The van der Waals surface area contributed by atoms with Gasteiger partial charge in [-0.3, -0.25) is 0 Å². The number of hydrogen-bond donors (Lipinski definition) is 0. The van der Waals surface area contributed by atoms with Crippen molar-refractivity contribution >= 4 is 12.2 Å². The highest BCUT2D eigenvalue weighted by Crippen LogP contribution is 2.11. The number of pyridine rings is 1. The first kappa shape index (κ1) is 13.9. The van der Waals surface area contributed by atoms with E-state index in [-0.39, 0.29) is 24.0 Å². The molecule has 2 rings (SSSR count). The van der Waals surface area contributed by atoms with Crippen LogP contribution < -0.4 is 28.5 Å². The van der Waals surface area contributed by atoms with Crippen LogP contribution in [0.2, 0.25) is 0 Å². The summed E-state index contributed by atoms with van der Waals surface area (Å²) in [5.74, 6) is 0. The zero-order valence-corrected chi connectivity index (χ0v) is 12.3. The monoisotopic (exact) mass is 337 g/mol. The predicted octanol–water partition coefficient (Wildman–Crippen LogP) is -0.00608.